The Kier molecular flexibility index (Phi) is 3.87. The molecule has 2 N–H and O–H groups in total. The highest BCUT2D eigenvalue weighted by molar-refractivity contribution is 5.61. The number of anilines is 1. The standard InChI is InChI=1S/C15H19N5/c16-9-12-3-6-20(7-4-12)15-8-14(18-11-19-15)13-2-1-5-17-10-13/h1-2,5,8,10-12H,3-4,6-7,9,16H2. The average Bonchev–Trinajstić information content (AvgIpc) is 2.56. The van der Waals surface area contributed by atoms with Gasteiger partial charge in [0.05, 0.1) is 5.69 Å². The molecule has 0 aliphatic carbocycles. The Morgan fingerprint density at radius 3 is 2.80 bits per heavy atom. The molecule has 0 atom stereocenters. The molecule has 0 spiro atoms. The lowest BCUT2D eigenvalue weighted by Crippen LogP contribution is -2.36. The zero-order valence-corrected chi connectivity index (χ0v) is 11.4. The van der Waals surface area contributed by atoms with Gasteiger partial charge in [-0.05, 0) is 37.4 Å². The summed E-state index contributed by atoms with van der Waals surface area (Å²) in [5.74, 6) is 1.65. The molecule has 2 aromatic heterocycles. The molecule has 0 bridgehead atoms. The summed E-state index contributed by atoms with van der Waals surface area (Å²) >= 11 is 0. The predicted molar refractivity (Wildman–Crippen MR) is 79.3 cm³/mol. The highest BCUT2D eigenvalue weighted by Crippen LogP contribution is 2.24. The molecular weight excluding hydrogens is 250 g/mol. The van der Waals surface area contributed by atoms with Gasteiger partial charge in [0.2, 0.25) is 0 Å². The quantitative estimate of drug-likeness (QED) is 0.918. The fourth-order valence-electron chi connectivity index (χ4n) is 2.59. The first-order chi connectivity index (χ1) is 9.86. The number of nitrogens with zero attached hydrogens (tertiary/aromatic N) is 4. The van der Waals surface area contributed by atoms with Crippen LogP contribution in [0, 0.1) is 5.92 Å². The van der Waals surface area contributed by atoms with E-state index in [1.807, 2.05) is 24.4 Å². The van der Waals surface area contributed by atoms with Crippen molar-refractivity contribution < 1.29 is 0 Å². The van der Waals surface area contributed by atoms with Crippen LogP contribution in [0.5, 0.6) is 0 Å². The number of pyridine rings is 1. The zero-order chi connectivity index (χ0) is 13.8. The molecule has 104 valence electrons. The fourth-order valence-corrected chi connectivity index (χ4v) is 2.59. The maximum Gasteiger partial charge on any atom is 0.132 e. The molecule has 5 nitrogen and oxygen atoms in total. The Bertz CT molecular complexity index is 549. The van der Waals surface area contributed by atoms with E-state index < -0.39 is 0 Å². The smallest absolute Gasteiger partial charge is 0.132 e. The lowest BCUT2D eigenvalue weighted by molar-refractivity contribution is 0.413. The van der Waals surface area contributed by atoms with Gasteiger partial charge in [-0.3, -0.25) is 4.98 Å². The number of piperidine rings is 1. The molecule has 0 unspecified atom stereocenters. The van der Waals surface area contributed by atoms with E-state index in [4.69, 9.17) is 5.73 Å². The van der Waals surface area contributed by atoms with Crippen LogP contribution in [0.1, 0.15) is 12.8 Å². The van der Waals surface area contributed by atoms with Crippen LogP contribution in [-0.4, -0.2) is 34.6 Å². The molecule has 2 aromatic rings. The summed E-state index contributed by atoms with van der Waals surface area (Å²) in [6, 6.07) is 5.98. The summed E-state index contributed by atoms with van der Waals surface area (Å²) in [4.78, 5) is 15.2. The van der Waals surface area contributed by atoms with Gasteiger partial charge in [0.15, 0.2) is 0 Å². The van der Waals surface area contributed by atoms with Crippen LogP contribution < -0.4 is 10.6 Å². The fraction of sp³-hybridized carbons (Fsp3) is 0.400. The van der Waals surface area contributed by atoms with Gasteiger partial charge in [-0.15, -0.1) is 0 Å². The van der Waals surface area contributed by atoms with Gasteiger partial charge in [-0.2, -0.15) is 0 Å². The summed E-state index contributed by atoms with van der Waals surface area (Å²) in [6.07, 6.45) is 7.51. The Labute approximate surface area is 118 Å². The first kappa shape index (κ1) is 13.0. The van der Waals surface area contributed by atoms with Gasteiger partial charge in [0.1, 0.15) is 12.1 Å². The number of hydrogen-bond donors (Lipinski definition) is 1. The molecule has 1 saturated heterocycles. The second-order valence-corrected chi connectivity index (χ2v) is 5.17. The van der Waals surface area contributed by atoms with Crippen molar-refractivity contribution in [2.24, 2.45) is 11.7 Å². The van der Waals surface area contributed by atoms with E-state index >= 15 is 0 Å². The molecule has 5 heteroatoms. The second kappa shape index (κ2) is 5.96. The second-order valence-electron chi connectivity index (χ2n) is 5.17. The van der Waals surface area contributed by atoms with E-state index in [0.29, 0.717) is 5.92 Å². The molecule has 0 amide bonds. The molecule has 3 heterocycles. The predicted octanol–water partition coefficient (Wildman–Crippen LogP) is 1.71. The third-order valence-electron chi connectivity index (χ3n) is 3.88. The maximum atomic E-state index is 5.74. The third-order valence-corrected chi connectivity index (χ3v) is 3.88. The van der Waals surface area contributed by atoms with E-state index in [9.17, 15) is 0 Å². The van der Waals surface area contributed by atoms with Crippen LogP contribution in [0.4, 0.5) is 5.82 Å². The largest absolute Gasteiger partial charge is 0.356 e. The van der Waals surface area contributed by atoms with E-state index in [0.717, 1.165) is 49.6 Å². The molecule has 0 aromatic carbocycles. The van der Waals surface area contributed by atoms with Crippen LogP contribution in [-0.2, 0) is 0 Å². The summed E-state index contributed by atoms with van der Waals surface area (Å²) < 4.78 is 0. The molecule has 0 saturated carbocycles. The Morgan fingerprint density at radius 2 is 2.10 bits per heavy atom. The van der Waals surface area contributed by atoms with Crippen LogP contribution in [0.15, 0.2) is 36.9 Å². The van der Waals surface area contributed by atoms with Gasteiger partial charge in [0.25, 0.3) is 0 Å². The van der Waals surface area contributed by atoms with Crippen molar-refractivity contribution >= 4 is 5.82 Å². The van der Waals surface area contributed by atoms with Gasteiger partial charge in [0, 0.05) is 37.1 Å². The summed E-state index contributed by atoms with van der Waals surface area (Å²) in [5, 5.41) is 0. The molecular formula is C15H19N5. The Hall–Kier alpha value is -2.01. The van der Waals surface area contributed by atoms with Gasteiger partial charge in [-0.1, -0.05) is 0 Å². The van der Waals surface area contributed by atoms with Crippen LogP contribution in [0.25, 0.3) is 11.3 Å². The summed E-state index contributed by atoms with van der Waals surface area (Å²) in [5.41, 5.74) is 7.68. The van der Waals surface area contributed by atoms with Crippen molar-refractivity contribution in [2.75, 3.05) is 24.5 Å². The van der Waals surface area contributed by atoms with Crippen molar-refractivity contribution in [3.05, 3.63) is 36.9 Å². The van der Waals surface area contributed by atoms with Crippen LogP contribution in [0.3, 0.4) is 0 Å². The van der Waals surface area contributed by atoms with Crippen molar-refractivity contribution in [3.8, 4) is 11.3 Å². The lowest BCUT2D eigenvalue weighted by atomic mass is 9.97. The minimum Gasteiger partial charge on any atom is -0.356 e. The van der Waals surface area contributed by atoms with Crippen LogP contribution in [0.2, 0.25) is 0 Å². The van der Waals surface area contributed by atoms with Gasteiger partial charge >= 0.3 is 0 Å². The summed E-state index contributed by atoms with van der Waals surface area (Å²) in [7, 11) is 0. The van der Waals surface area contributed by atoms with E-state index in [1.54, 1.807) is 12.5 Å². The average molecular weight is 269 g/mol. The molecule has 1 aliphatic rings. The normalized spacial score (nSPS) is 16.4. The van der Waals surface area contributed by atoms with E-state index in [-0.39, 0.29) is 0 Å². The molecule has 3 rings (SSSR count). The minimum atomic E-state index is 0.658. The minimum absolute atomic E-state index is 0.658. The molecule has 0 radical (unpaired) electrons. The first-order valence-electron chi connectivity index (χ1n) is 7.04. The maximum absolute atomic E-state index is 5.74. The number of aromatic nitrogens is 3. The van der Waals surface area contributed by atoms with Crippen molar-refractivity contribution in [2.45, 2.75) is 12.8 Å². The Morgan fingerprint density at radius 1 is 1.25 bits per heavy atom. The lowest BCUT2D eigenvalue weighted by Gasteiger charge is -2.32. The molecule has 1 aliphatic heterocycles. The van der Waals surface area contributed by atoms with Crippen LogP contribution >= 0.6 is 0 Å². The highest BCUT2D eigenvalue weighted by atomic mass is 15.2. The van der Waals surface area contributed by atoms with Crippen molar-refractivity contribution in [3.63, 3.8) is 0 Å². The topological polar surface area (TPSA) is 67.9 Å². The third kappa shape index (κ3) is 2.77. The number of hydrogen-bond acceptors (Lipinski definition) is 5. The monoisotopic (exact) mass is 269 g/mol. The highest BCUT2D eigenvalue weighted by Gasteiger charge is 2.19. The SMILES string of the molecule is NCC1CCN(c2cc(-c3cccnc3)ncn2)CC1. The number of nitrogens with two attached hydrogens (primary N) is 1. The number of rotatable bonds is 3. The molecule has 20 heavy (non-hydrogen) atoms. The van der Waals surface area contributed by atoms with Crippen molar-refractivity contribution in [1.29, 1.82) is 0 Å². The first-order valence-corrected chi connectivity index (χ1v) is 7.04. The molecule has 1 fully saturated rings. The van der Waals surface area contributed by atoms with E-state index in [1.165, 1.54) is 0 Å². The van der Waals surface area contributed by atoms with Crippen molar-refractivity contribution in [1.82, 2.24) is 15.0 Å². The zero-order valence-electron chi connectivity index (χ0n) is 11.4. The van der Waals surface area contributed by atoms with E-state index in [2.05, 4.69) is 19.9 Å². The van der Waals surface area contributed by atoms with Gasteiger partial charge < -0.3 is 10.6 Å². The van der Waals surface area contributed by atoms with Gasteiger partial charge in [-0.25, -0.2) is 9.97 Å². The summed E-state index contributed by atoms with van der Waals surface area (Å²) in [6.45, 7) is 2.83. The Balaban J connectivity index is 1.78.